The van der Waals surface area contributed by atoms with Gasteiger partial charge in [0, 0.05) is 18.3 Å². The molecule has 3 aliphatic heterocycles. The third-order valence-electron chi connectivity index (χ3n) is 6.16. The highest BCUT2D eigenvalue weighted by molar-refractivity contribution is 5.93. The molecule has 5 heterocycles. The molecule has 2 aromatic heterocycles. The smallest absolute Gasteiger partial charge is 0.333 e. The van der Waals surface area contributed by atoms with E-state index in [1.807, 2.05) is 13.0 Å². The molecular weight excluding hydrogens is 416 g/mol. The van der Waals surface area contributed by atoms with Gasteiger partial charge in [-0.15, -0.1) is 5.10 Å². The Morgan fingerprint density at radius 2 is 2.03 bits per heavy atom. The zero-order valence-corrected chi connectivity index (χ0v) is 17.5. The largest absolute Gasteiger partial charge is 0.456 e. The van der Waals surface area contributed by atoms with Crippen molar-refractivity contribution >= 4 is 11.9 Å². The van der Waals surface area contributed by atoms with E-state index < -0.39 is 17.5 Å². The van der Waals surface area contributed by atoms with Crippen LogP contribution in [0.15, 0.2) is 42.3 Å². The van der Waals surface area contributed by atoms with Gasteiger partial charge in [0.2, 0.25) is 5.91 Å². The molecule has 0 saturated carbocycles. The number of tetrazole rings is 1. The predicted molar refractivity (Wildman–Crippen MR) is 107 cm³/mol. The Bertz CT molecular complexity index is 1090. The summed E-state index contributed by atoms with van der Waals surface area (Å²) in [5.74, 6) is 0.0325. The zero-order valence-electron chi connectivity index (χ0n) is 17.5. The summed E-state index contributed by atoms with van der Waals surface area (Å²) in [4.78, 5) is 36.9. The van der Waals surface area contributed by atoms with Gasteiger partial charge in [-0.3, -0.25) is 14.7 Å². The van der Waals surface area contributed by atoms with Crippen molar-refractivity contribution in [2.45, 2.75) is 25.9 Å². The van der Waals surface area contributed by atoms with Crippen LogP contribution in [0, 0.1) is 5.41 Å². The summed E-state index contributed by atoms with van der Waals surface area (Å²) in [6.45, 7) is 3.71. The second-order valence-electron chi connectivity index (χ2n) is 8.20. The van der Waals surface area contributed by atoms with Crippen LogP contribution in [-0.4, -0.2) is 83.2 Å². The van der Waals surface area contributed by atoms with E-state index in [9.17, 15) is 14.7 Å². The van der Waals surface area contributed by atoms with Crippen LogP contribution in [0.2, 0.25) is 0 Å². The van der Waals surface area contributed by atoms with Crippen LogP contribution in [0.4, 0.5) is 0 Å². The fourth-order valence-corrected chi connectivity index (χ4v) is 4.48. The molecule has 0 aliphatic carbocycles. The van der Waals surface area contributed by atoms with E-state index in [-0.39, 0.29) is 12.5 Å². The fraction of sp³-hybridized carbons (Fsp3) is 0.450. The van der Waals surface area contributed by atoms with Crippen molar-refractivity contribution in [2.75, 3.05) is 26.2 Å². The molecular formula is C20H22N8O4. The van der Waals surface area contributed by atoms with E-state index >= 15 is 0 Å². The Balaban J connectivity index is 1.20. The second-order valence-corrected chi connectivity index (χ2v) is 8.20. The molecule has 0 unspecified atom stereocenters. The summed E-state index contributed by atoms with van der Waals surface area (Å²) < 4.78 is 6.35. The SMILES string of the molecule is CC1=CC2(CCN(C[C@H](O)c3cnc(-n4cnnn4)cn3)CC2)C(=O)N1C1=CC(=O)OC1. The van der Waals surface area contributed by atoms with Crippen LogP contribution in [-0.2, 0) is 14.3 Å². The van der Waals surface area contributed by atoms with E-state index in [1.54, 1.807) is 4.90 Å². The summed E-state index contributed by atoms with van der Waals surface area (Å²) in [7, 11) is 0. The topological polar surface area (TPSA) is 139 Å². The summed E-state index contributed by atoms with van der Waals surface area (Å²) in [6.07, 6.45) is 8.29. The lowest BCUT2D eigenvalue weighted by atomic mass is 9.78. The van der Waals surface area contributed by atoms with Gasteiger partial charge in [-0.25, -0.2) is 9.78 Å². The quantitative estimate of drug-likeness (QED) is 0.622. The highest BCUT2D eigenvalue weighted by Crippen LogP contribution is 2.43. The first kappa shape index (κ1) is 20.4. The normalized spacial score (nSPS) is 21.6. The van der Waals surface area contributed by atoms with Crippen molar-refractivity contribution in [3.05, 3.63) is 48.0 Å². The number of rotatable bonds is 5. The molecule has 1 amide bonds. The van der Waals surface area contributed by atoms with E-state index in [4.69, 9.17) is 4.74 Å². The number of ether oxygens (including phenoxy) is 1. The number of piperidine rings is 1. The molecule has 0 radical (unpaired) electrons. The monoisotopic (exact) mass is 438 g/mol. The molecule has 3 aliphatic rings. The van der Waals surface area contributed by atoms with Gasteiger partial charge in [0.15, 0.2) is 5.82 Å². The molecule has 5 rings (SSSR count). The number of hydrogen-bond donors (Lipinski definition) is 1. The Labute approximate surface area is 183 Å². The summed E-state index contributed by atoms with van der Waals surface area (Å²) >= 11 is 0. The number of allylic oxidation sites excluding steroid dienone is 1. The van der Waals surface area contributed by atoms with Gasteiger partial charge < -0.3 is 14.7 Å². The number of carbonyl (C=O) groups excluding carboxylic acids is 2. The minimum atomic E-state index is -0.806. The molecule has 0 aromatic carbocycles. The molecule has 2 aromatic rings. The lowest BCUT2D eigenvalue weighted by Crippen LogP contribution is -2.46. The van der Waals surface area contributed by atoms with Crippen LogP contribution in [0.25, 0.3) is 5.82 Å². The summed E-state index contributed by atoms with van der Waals surface area (Å²) in [6, 6.07) is 0. The molecule has 12 heteroatoms. The Morgan fingerprint density at radius 3 is 2.66 bits per heavy atom. The highest BCUT2D eigenvalue weighted by Gasteiger charge is 2.48. The fourth-order valence-electron chi connectivity index (χ4n) is 4.48. The lowest BCUT2D eigenvalue weighted by Gasteiger charge is -2.38. The van der Waals surface area contributed by atoms with Crippen molar-refractivity contribution in [1.29, 1.82) is 0 Å². The first-order valence-corrected chi connectivity index (χ1v) is 10.3. The lowest BCUT2D eigenvalue weighted by molar-refractivity contribution is -0.138. The first-order valence-electron chi connectivity index (χ1n) is 10.3. The van der Waals surface area contributed by atoms with E-state index in [0.717, 1.165) is 5.70 Å². The first-order chi connectivity index (χ1) is 15.4. The molecule has 1 fully saturated rings. The number of nitrogens with zero attached hydrogens (tertiary/aromatic N) is 8. The van der Waals surface area contributed by atoms with Gasteiger partial charge >= 0.3 is 5.97 Å². The van der Waals surface area contributed by atoms with E-state index in [1.165, 1.54) is 29.5 Å². The number of likely N-dealkylation sites (tertiary alicyclic amines) is 1. The molecule has 0 bridgehead atoms. The number of cyclic esters (lactones) is 1. The van der Waals surface area contributed by atoms with Gasteiger partial charge in [-0.1, -0.05) is 0 Å². The molecule has 1 N–H and O–H groups in total. The maximum Gasteiger partial charge on any atom is 0.333 e. The number of carbonyl (C=O) groups is 2. The third kappa shape index (κ3) is 3.56. The number of aliphatic hydroxyl groups is 1. The standard InChI is InChI=1S/C20H22N8O4/c1-13-7-20(19(31)28(13)14-6-18(30)32-11-14)2-4-26(5-3-20)10-16(29)15-8-22-17(9-21-15)27-12-23-24-25-27/h6-9,12,16,29H,2-5,10-11H2,1H3/t16-/m0/s1. The maximum absolute atomic E-state index is 13.2. The molecule has 32 heavy (non-hydrogen) atoms. The molecule has 1 spiro atoms. The molecule has 12 nitrogen and oxygen atoms in total. The average molecular weight is 438 g/mol. The minimum absolute atomic E-state index is 0.0104. The number of amides is 1. The molecule has 1 saturated heterocycles. The number of aromatic nitrogens is 6. The van der Waals surface area contributed by atoms with Crippen LogP contribution in [0.3, 0.4) is 0 Å². The van der Waals surface area contributed by atoms with Crippen molar-refractivity contribution < 1.29 is 19.4 Å². The van der Waals surface area contributed by atoms with Gasteiger partial charge in [0.05, 0.1) is 29.2 Å². The third-order valence-corrected chi connectivity index (χ3v) is 6.16. The summed E-state index contributed by atoms with van der Waals surface area (Å²) in [5, 5.41) is 21.5. The molecule has 166 valence electrons. The zero-order chi connectivity index (χ0) is 22.3. The second kappa shape index (κ2) is 7.88. The maximum atomic E-state index is 13.2. The Morgan fingerprint density at radius 1 is 1.22 bits per heavy atom. The van der Waals surface area contributed by atoms with Crippen LogP contribution in [0.1, 0.15) is 31.6 Å². The number of aliphatic hydroxyl groups excluding tert-OH is 1. The average Bonchev–Trinajstić information content (AvgIpc) is 3.52. The van der Waals surface area contributed by atoms with Crippen molar-refractivity contribution in [1.82, 2.24) is 40.0 Å². The number of β-amino-alcohol motifs (C(OH)–C–C–N with tert-alkyl or cyclic N) is 1. The van der Waals surface area contributed by atoms with Gasteiger partial charge in [-0.2, -0.15) is 4.68 Å². The van der Waals surface area contributed by atoms with Gasteiger partial charge in [0.1, 0.15) is 19.0 Å². The number of esters is 1. The minimum Gasteiger partial charge on any atom is -0.456 e. The van der Waals surface area contributed by atoms with Gasteiger partial charge in [-0.05, 0) is 49.4 Å². The van der Waals surface area contributed by atoms with Crippen LogP contribution in [0.5, 0.6) is 0 Å². The van der Waals surface area contributed by atoms with Crippen LogP contribution >= 0.6 is 0 Å². The number of hydrogen-bond acceptors (Lipinski definition) is 10. The Kier molecular flexibility index (Phi) is 5.02. The summed E-state index contributed by atoms with van der Waals surface area (Å²) in [5.41, 5.74) is 1.29. The van der Waals surface area contributed by atoms with Crippen molar-refractivity contribution in [2.24, 2.45) is 5.41 Å². The van der Waals surface area contributed by atoms with E-state index in [2.05, 4.69) is 30.4 Å². The van der Waals surface area contributed by atoms with Crippen molar-refractivity contribution in [3.63, 3.8) is 0 Å². The van der Waals surface area contributed by atoms with E-state index in [0.29, 0.717) is 49.7 Å². The highest BCUT2D eigenvalue weighted by atomic mass is 16.5. The Hall–Kier alpha value is -3.51. The van der Waals surface area contributed by atoms with Crippen molar-refractivity contribution in [3.8, 4) is 5.82 Å². The predicted octanol–water partition coefficient (Wildman–Crippen LogP) is -0.245. The van der Waals surface area contributed by atoms with Crippen LogP contribution < -0.4 is 0 Å². The molecule has 1 atom stereocenters. The van der Waals surface area contributed by atoms with Gasteiger partial charge in [0.25, 0.3) is 0 Å².